The lowest BCUT2D eigenvalue weighted by atomic mass is 10.0. The molecule has 0 bridgehead atoms. The lowest BCUT2D eigenvalue weighted by Gasteiger charge is -2.13. The van der Waals surface area contributed by atoms with Crippen LogP contribution in [0.25, 0.3) is 0 Å². The summed E-state index contributed by atoms with van der Waals surface area (Å²) in [6.07, 6.45) is 1.28. The molecule has 0 aliphatic carbocycles. The van der Waals surface area contributed by atoms with Crippen LogP contribution in [0.3, 0.4) is 0 Å². The van der Waals surface area contributed by atoms with Gasteiger partial charge in [-0.1, -0.05) is 6.07 Å². The first kappa shape index (κ1) is 13.4. The van der Waals surface area contributed by atoms with Crippen molar-refractivity contribution in [2.75, 3.05) is 12.8 Å². The molecule has 102 valence electrons. The number of ether oxygens (including phenoxy) is 1. The second kappa shape index (κ2) is 5.27. The molecule has 0 aliphatic heterocycles. The summed E-state index contributed by atoms with van der Waals surface area (Å²) in [6.45, 7) is 1.84. The number of aryl methyl sites for hydroxylation is 2. The van der Waals surface area contributed by atoms with E-state index in [0.717, 1.165) is 11.3 Å². The van der Waals surface area contributed by atoms with E-state index in [-0.39, 0.29) is 0 Å². The Kier molecular flexibility index (Phi) is 3.71. The number of rotatable bonds is 4. The van der Waals surface area contributed by atoms with Crippen molar-refractivity contribution in [2.45, 2.75) is 19.4 Å². The number of aromatic nitrogens is 3. The van der Waals surface area contributed by atoms with Crippen molar-refractivity contribution in [1.29, 1.82) is 0 Å². The highest BCUT2D eigenvalue weighted by Crippen LogP contribution is 2.30. The molecule has 1 unspecified atom stereocenters. The Morgan fingerprint density at radius 3 is 2.89 bits per heavy atom. The molecule has 0 aromatic carbocycles. The zero-order valence-electron chi connectivity index (χ0n) is 11.3. The summed E-state index contributed by atoms with van der Waals surface area (Å²) >= 11 is 0. The number of hydrogen-bond donors (Lipinski definition) is 2. The quantitative estimate of drug-likeness (QED) is 0.858. The molecule has 0 aliphatic rings. The van der Waals surface area contributed by atoms with Crippen molar-refractivity contribution >= 4 is 5.82 Å². The van der Waals surface area contributed by atoms with Crippen molar-refractivity contribution in [3.8, 4) is 5.88 Å². The van der Waals surface area contributed by atoms with E-state index in [2.05, 4.69) is 10.1 Å². The molecule has 0 saturated carbocycles. The smallest absolute Gasteiger partial charge is 0.217 e. The standard InChI is InChI=1S/C13H18N4O2/c1-8-11(13(19-3)17(2)16-8)10(18)7-9-5-4-6-15-12(9)14/h4-6,10,18H,7H2,1-3H3,(H2,14,15). The van der Waals surface area contributed by atoms with Gasteiger partial charge in [0.2, 0.25) is 5.88 Å². The molecule has 2 aromatic rings. The zero-order chi connectivity index (χ0) is 14.0. The predicted octanol–water partition coefficient (Wildman–Crippen LogP) is 0.990. The van der Waals surface area contributed by atoms with E-state index in [1.165, 1.54) is 0 Å². The van der Waals surface area contributed by atoms with Crippen LogP contribution in [0.5, 0.6) is 5.88 Å². The van der Waals surface area contributed by atoms with Crippen molar-refractivity contribution in [3.05, 3.63) is 35.2 Å². The molecule has 0 radical (unpaired) electrons. The molecule has 6 heteroatoms. The fraction of sp³-hybridized carbons (Fsp3) is 0.385. The highest BCUT2D eigenvalue weighted by molar-refractivity contribution is 5.41. The number of anilines is 1. The first-order valence-corrected chi connectivity index (χ1v) is 5.99. The topological polar surface area (TPSA) is 86.2 Å². The monoisotopic (exact) mass is 262 g/mol. The van der Waals surface area contributed by atoms with Crippen molar-refractivity contribution in [3.63, 3.8) is 0 Å². The fourth-order valence-electron chi connectivity index (χ4n) is 2.21. The van der Waals surface area contributed by atoms with Crippen molar-refractivity contribution in [2.24, 2.45) is 7.05 Å². The van der Waals surface area contributed by atoms with Gasteiger partial charge >= 0.3 is 0 Å². The number of nitrogens with two attached hydrogens (primary N) is 1. The summed E-state index contributed by atoms with van der Waals surface area (Å²) in [7, 11) is 3.34. The number of nitrogens with zero attached hydrogens (tertiary/aromatic N) is 3. The number of methoxy groups -OCH3 is 1. The van der Waals surface area contributed by atoms with E-state index in [1.54, 1.807) is 31.1 Å². The zero-order valence-corrected chi connectivity index (χ0v) is 11.3. The first-order valence-electron chi connectivity index (χ1n) is 5.99. The molecule has 2 heterocycles. The number of pyridine rings is 1. The first-order chi connectivity index (χ1) is 9.04. The average molecular weight is 262 g/mol. The molecule has 2 aromatic heterocycles. The van der Waals surface area contributed by atoms with Gasteiger partial charge in [0.25, 0.3) is 0 Å². The van der Waals surface area contributed by atoms with Gasteiger partial charge in [-0.2, -0.15) is 5.10 Å². The lowest BCUT2D eigenvalue weighted by molar-refractivity contribution is 0.172. The van der Waals surface area contributed by atoms with Crippen LogP contribution < -0.4 is 10.5 Å². The van der Waals surface area contributed by atoms with Crippen molar-refractivity contribution in [1.82, 2.24) is 14.8 Å². The van der Waals surface area contributed by atoms with Crippen LogP contribution >= 0.6 is 0 Å². The van der Waals surface area contributed by atoms with Gasteiger partial charge in [0, 0.05) is 19.7 Å². The maximum Gasteiger partial charge on any atom is 0.217 e. The van der Waals surface area contributed by atoms with E-state index in [9.17, 15) is 5.11 Å². The van der Waals surface area contributed by atoms with Gasteiger partial charge in [-0.05, 0) is 18.6 Å². The summed E-state index contributed by atoms with van der Waals surface area (Å²) in [5, 5.41) is 14.6. The fourth-order valence-corrected chi connectivity index (χ4v) is 2.21. The molecule has 1 atom stereocenters. The molecular formula is C13H18N4O2. The molecule has 3 N–H and O–H groups in total. The molecule has 19 heavy (non-hydrogen) atoms. The Morgan fingerprint density at radius 2 is 2.26 bits per heavy atom. The second-order valence-electron chi connectivity index (χ2n) is 4.40. The van der Waals surface area contributed by atoms with E-state index >= 15 is 0 Å². The second-order valence-corrected chi connectivity index (χ2v) is 4.40. The molecular weight excluding hydrogens is 244 g/mol. The van der Waals surface area contributed by atoms with Crippen LogP contribution in [-0.4, -0.2) is 27.0 Å². The normalized spacial score (nSPS) is 12.4. The lowest BCUT2D eigenvalue weighted by Crippen LogP contribution is -2.07. The number of aliphatic hydroxyl groups is 1. The van der Waals surface area contributed by atoms with Crippen LogP contribution in [0.2, 0.25) is 0 Å². The third-order valence-electron chi connectivity index (χ3n) is 3.08. The van der Waals surface area contributed by atoms with Crippen molar-refractivity contribution < 1.29 is 9.84 Å². The van der Waals surface area contributed by atoms with Gasteiger partial charge in [0.05, 0.1) is 24.5 Å². The minimum absolute atomic E-state index is 0.378. The summed E-state index contributed by atoms with van der Waals surface area (Å²) in [4.78, 5) is 4.01. The van der Waals surface area contributed by atoms with Crippen LogP contribution in [0.4, 0.5) is 5.82 Å². The van der Waals surface area contributed by atoms with Gasteiger partial charge < -0.3 is 15.6 Å². The number of nitrogen functional groups attached to an aromatic ring is 1. The number of aliphatic hydroxyl groups excluding tert-OH is 1. The highest BCUT2D eigenvalue weighted by Gasteiger charge is 2.22. The van der Waals surface area contributed by atoms with Crippen LogP contribution in [-0.2, 0) is 13.5 Å². The largest absolute Gasteiger partial charge is 0.481 e. The Labute approximate surface area is 111 Å². The van der Waals surface area contributed by atoms with Gasteiger partial charge in [-0.3, -0.25) is 0 Å². The molecule has 6 nitrogen and oxygen atoms in total. The summed E-state index contributed by atoms with van der Waals surface area (Å²) in [6, 6.07) is 3.65. The van der Waals surface area contributed by atoms with Gasteiger partial charge in [0.1, 0.15) is 5.82 Å². The number of hydrogen-bond acceptors (Lipinski definition) is 5. The Bertz CT molecular complexity index is 580. The Morgan fingerprint density at radius 1 is 1.53 bits per heavy atom. The maximum atomic E-state index is 10.4. The van der Waals surface area contributed by atoms with Gasteiger partial charge in [0.15, 0.2) is 0 Å². The molecule has 0 saturated heterocycles. The molecule has 0 spiro atoms. The van der Waals surface area contributed by atoms with E-state index in [4.69, 9.17) is 10.5 Å². The van der Waals surface area contributed by atoms with Crippen LogP contribution in [0.1, 0.15) is 22.9 Å². The third-order valence-corrected chi connectivity index (χ3v) is 3.08. The Balaban J connectivity index is 2.30. The SMILES string of the molecule is COc1c(C(O)Cc2cccnc2N)c(C)nn1C. The van der Waals surface area contributed by atoms with E-state index in [0.29, 0.717) is 23.7 Å². The third kappa shape index (κ3) is 2.53. The van der Waals surface area contributed by atoms with Crippen LogP contribution in [0.15, 0.2) is 18.3 Å². The summed E-state index contributed by atoms with van der Waals surface area (Å²) in [5.41, 5.74) is 8.03. The molecule has 0 fully saturated rings. The van der Waals surface area contributed by atoms with Gasteiger partial charge in [-0.15, -0.1) is 0 Å². The minimum Gasteiger partial charge on any atom is -0.481 e. The average Bonchev–Trinajstić information content (AvgIpc) is 2.66. The highest BCUT2D eigenvalue weighted by atomic mass is 16.5. The summed E-state index contributed by atoms with van der Waals surface area (Å²) in [5.74, 6) is 0.995. The van der Waals surface area contributed by atoms with E-state index < -0.39 is 6.10 Å². The molecule has 0 amide bonds. The minimum atomic E-state index is -0.727. The summed E-state index contributed by atoms with van der Waals surface area (Å²) < 4.78 is 6.89. The predicted molar refractivity (Wildman–Crippen MR) is 71.8 cm³/mol. The van der Waals surface area contributed by atoms with Gasteiger partial charge in [-0.25, -0.2) is 9.67 Å². The Hall–Kier alpha value is -2.08. The van der Waals surface area contributed by atoms with Crippen LogP contribution in [0, 0.1) is 6.92 Å². The van der Waals surface area contributed by atoms with E-state index in [1.807, 2.05) is 13.0 Å². The molecule has 2 rings (SSSR count). The maximum absolute atomic E-state index is 10.4.